The molecule has 0 radical (unpaired) electrons. The number of carbonyl (C=O) groups is 2. The summed E-state index contributed by atoms with van der Waals surface area (Å²) < 4.78 is 5.38. The van der Waals surface area contributed by atoms with Crippen LogP contribution in [-0.2, 0) is 9.59 Å². The topological polar surface area (TPSA) is 72.6 Å². The molecule has 3 rings (SSSR count). The van der Waals surface area contributed by atoms with Gasteiger partial charge in [-0.3, -0.25) is 9.59 Å². The Bertz CT molecular complexity index is 761. The average Bonchev–Trinajstić information content (AvgIpc) is 2.83. The van der Waals surface area contributed by atoms with E-state index < -0.39 is 5.25 Å². The highest BCUT2D eigenvalue weighted by Gasteiger charge is 2.40. The van der Waals surface area contributed by atoms with E-state index >= 15 is 0 Å². The van der Waals surface area contributed by atoms with Crippen LogP contribution < -0.4 is 15.4 Å². The third-order valence-corrected chi connectivity index (χ3v) is 4.83. The summed E-state index contributed by atoms with van der Waals surface area (Å²) in [6, 6.07) is 14.3. The Morgan fingerprint density at radius 3 is 2.62 bits per heavy atom. The fourth-order valence-electron chi connectivity index (χ4n) is 2.58. The van der Waals surface area contributed by atoms with Crippen LogP contribution in [0.3, 0.4) is 0 Å². The van der Waals surface area contributed by atoms with E-state index in [1.807, 2.05) is 25.1 Å². The molecular weight excluding hydrogens is 324 g/mol. The number of benzene rings is 2. The standard InChI is InChI=1S/C18H18N2O3S/c1-2-23-14-8-6-13(7-9-14)20-17(21)11-16(18(20)22)24-15-5-3-4-12(19)10-15/h3-10,16H,2,11,19H2,1H3/t16-/m1/s1. The first-order valence-electron chi connectivity index (χ1n) is 7.70. The van der Waals surface area contributed by atoms with Crippen molar-refractivity contribution in [3.63, 3.8) is 0 Å². The number of nitrogens with two attached hydrogens (primary N) is 1. The first-order chi connectivity index (χ1) is 11.6. The van der Waals surface area contributed by atoms with Gasteiger partial charge >= 0.3 is 0 Å². The van der Waals surface area contributed by atoms with Crippen LogP contribution in [0.15, 0.2) is 53.4 Å². The molecule has 0 unspecified atom stereocenters. The quantitative estimate of drug-likeness (QED) is 0.668. The van der Waals surface area contributed by atoms with Gasteiger partial charge in [0.2, 0.25) is 11.8 Å². The molecule has 0 aromatic heterocycles. The van der Waals surface area contributed by atoms with E-state index in [9.17, 15) is 9.59 Å². The Morgan fingerprint density at radius 1 is 1.21 bits per heavy atom. The molecule has 2 aromatic rings. The smallest absolute Gasteiger partial charge is 0.247 e. The fourth-order valence-corrected chi connectivity index (χ4v) is 3.70. The van der Waals surface area contributed by atoms with Crippen LogP contribution in [0.25, 0.3) is 0 Å². The highest BCUT2D eigenvalue weighted by molar-refractivity contribution is 8.00. The molecular formula is C18H18N2O3S. The molecule has 0 bridgehead atoms. The molecule has 0 aliphatic carbocycles. The molecule has 0 saturated carbocycles. The number of nitrogen functional groups attached to an aromatic ring is 1. The van der Waals surface area contributed by atoms with Crippen LogP contribution in [0.1, 0.15) is 13.3 Å². The molecule has 124 valence electrons. The lowest BCUT2D eigenvalue weighted by Gasteiger charge is -2.15. The minimum Gasteiger partial charge on any atom is -0.494 e. The van der Waals surface area contributed by atoms with Gasteiger partial charge in [0.05, 0.1) is 17.5 Å². The molecule has 2 aromatic carbocycles. The van der Waals surface area contributed by atoms with Gasteiger partial charge in [-0.25, -0.2) is 4.90 Å². The van der Waals surface area contributed by atoms with Crippen molar-refractivity contribution in [3.05, 3.63) is 48.5 Å². The van der Waals surface area contributed by atoms with Crippen molar-refractivity contribution < 1.29 is 14.3 Å². The Hall–Kier alpha value is -2.47. The molecule has 2 amide bonds. The van der Waals surface area contributed by atoms with E-state index in [4.69, 9.17) is 10.5 Å². The maximum atomic E-state index is 12.6. The Labute approximate surface area is 144 Å². The average molecular weight is 342 g/mol. The summed E-state index contributed by atoms with van der Waals surface area (Å²) in [7, 11) is 0. The minimum atomic E-state index is -0.425. The lowest BCUT2D eigenvalue weighted by molar-refractivity contribution is -0.121. The van der Waals surface area contributed by atoms with Gasteiger partial charge in [-0.1, -0.05) is 6.07 Å². The summed E-state index contributed by atoms with van der Waals surface area (Å²) in [4.78, 5) is 27.1. The zero-order valence-corrected chi connectivity index (χ0v) is 14.1. The van der Waals surface area contributed by atoms with Gasteiger partial charge < -0.3 is 10.5 Å². The zero-order valence-electron chi connectivity index (χ0n) is 13.3. The summed E-state index contributed by atoms with van der Waals surface area (Å²) in [5.41, 5.74) is 6.98. The lowest BCUT2D eigenvalue weighted by Crippen LogP contribution is -2.31. The van der Waals surface area contributed by atoms with E-state index in [1.165, 1.54) is 16.7 Å². The molecule has 1 heterocycles. The van der Waals surface area contributed by atoms with Crippen LogP contribution >= 0.6 is 11.8 Å². The second-order valence-corrected chi connectivity index (χ2v) is 6.65. The summed E-state index contributed by atoms with van der Waals surface area (Å²) in [5.74, 6) is 0.327. The molecule has 0 spiro atoms. The van der Waals surface area contributed by atoms with Crippen LogP contribution in [0.2, 0.25) is 0 Å². The second-order valence-electron chi connectivity index (χ2n) is 5.38. The third-order valence-electron chi connectivity index (χ3n) is 3.65. The number of amides is 2. The first-order valence-corrected chi connectivity index (χ1v) is 8.58. The normalized spacial score (nSPS) is 17.4. The molecule has 1 fully saturated rings. The van der Waals surface area contributed by atoms with Gasteiger partial charge in [-0.15, -0.1) is 11.8 Å². The van der Waals surface area contributed by atoms with Gasteiger partial charge in [0, 0.05) is 17.0 Å². The van der Waals surface area contributed by atoms with Crippen molar-refractivity contribution in [2.75, 3.05) is 17.2 Å². The first kappa shape index (κ1) is 16.4. The monoisotopic (exact) mass is 342 g/mol. The van der Waals surface area contributed by atoms with E-state index in [0.29, 0.717) is 23.7 Å². The Morgan fingerprint density at radius 2 is 1.96 bits per heavy atom. The van der Waals surface area contributed by atoms with E-state index in [2.05, 4.69) is 0 Å². The van der Waals surface area contributed by atoms with E-state index in [1.54, 1.807) is 30.3 Å². The highest BCUT2D eigenvalue weighted by Crippen LogP contribution is 2.34. The Balaban J connectivity index is 1.76. The number of nitrogens with zero attached hydrogens (tertiary/aromatic N) is 1. The summed E-state index contributed by atoms with van der Waals surface area (Å²) >= 11 is 1.37. The number of hydrogen-bond acceptors (Lipinski definition) is 5. The summed E-state index contributed by atoms with van der Waals surface area (Å²) in [6.45, 7) is 2.47. The van der Waals surface area contributed by atoms with Crippen LogP contribution in [0, 0.1) is 0 Å². The summed E-state index contributed by atoms with van der Waals surface area (Å²) in [6.07, 6.45) is 0.186. The predicted molar refractivity (Wildman–Crippen MR) is 95.2 cm³/mol. The van der Waals surface area contributed by atoms with E-state index in [0.717, 1.165) is 4.90 Å². The van der Waals surface area contributed by atoms with Gasteiger partial charge in [-0.2, -0.15) is 0 Å². The predicted octanol–water partition coefficient (Wildman–Crippen LogP) is 3.09. The lowest BCUT2D eigenvalue weighted by atomic mass is 10.3. The maximum absolute atomic E-state index is 12.6. The van der Waals surface area contributed by atoms with Crippen molar-refractivity contribution >= 4 is 35.0 Å². The molecule has 24 heavy (non-hydrogen) atoms. The minimum absolute atomic E-state index is 0.186. The van der Waals surface area contributed by atoms with Crippen molar-refractivity contribution in [2.24, 2.45) is 0 Å². The number of carbonyl (C=O) groups excluding carboxylic acids is 2. The third kappa shape index (κ3) is 3.38. The fraction of sp³-hybridized carbons (Fsp3) is 0.222. The maximum Gasteiger partial charge on any atom is 0.247 e. The zero-order chi connectivity index (χ0) is 17.1. The van der Waals surface area contributed by atoms with Crippen molar-refractivity contribution in [2.45, 2.75) is 23.5 Å². The largest absolute Gasteiger partial charge is 0.494 e. The number of anilines is 2. The molecule has 6 heteroatoms. The number of ether oxygens (including phenoxy) is 1. The molecule has 5 nitrogen and oxygen atoms in total. The summed E-state index contributed by atoms with van der Waals surface area (Å²) in [5, 5.41) is -0.425. The van der Waals surface area contributed by atoms with Gasteiger partial charge in [-0.05, 0) is 49.4 Å². The molecule has 1 atom stereocenters. The van der Waals surface area contributed by atoms with Gasteiger partial charge in [0.25, 0.3) is 0 Å². The number of thioether (sulfide) groups is 1. The molecule has 1 aliphatic rings. The van der Waals surface area contributed by atoms with Crippen molar-refractivity contribution in [1.29, 1.82) is 0 Å². The number of imide groups is 1. The molecule has 2 N–H and O–H groups in total. The van der Waals surface area contributed by atoms with Gasteiger partial charge in [0.1, 0.15) is 5.75 Å². The number of hydrogen-bond donors (Lipinski definition) is 1. The van der Waals surface area contributed by atoms with Crippen LogP contribution in [0.4, 0.5) is 11.4 Å². The second kappa shape index (κ2) is 6.97. The highest BCUT2D eigenvalue weighted by atomic mass is 32.2. The molecule has 1 saturated heterocycles. The van der Waals surface area contributed by atoms with Crippen molar-refractivity contribution in [3.8, 4) is 5.75 Å². The van der Waals surface area contributed by atoms with Gasteiger partial charge in [0.15, 0.2) is 0 Å². The van der Waals surface area contributed by atoms with Crippen LogP contribution in [0.5, 0.6) is 5.75 Å². The SMILES string of the molecule is CCOc1ccc(N2C(=O)C[C@@H](Sc3cccc(N)c3)C2=O)cc1. The van der Waals surface area contributed by atoms with Crippen molar-refractivity contribution in [1.82, 2.24) is 0 Å². The Kier molecular flexibility index (Phi) is 4.76. The van der Waals surface area contributed by atoms with E-state index in [-0.39, 0.29) is 18.2 Å². The molecule has 1 aliphatic heterocycles. The number of rotatable bonds is 5. The van der Waals surface area contributed by atoms with Crippen LogP contribution in [-0.4, -0.2) is 23.7 Å².